The van der Waals surface area contributed by atoms with Crippen molar-refractivity contribution in [1.82, 2.24) is 0 Å². The van der Waals surface area contributed by atoms with E-state index in [1.54, 1.807) is 37.3 Å². The molecule has 6 nitrogen and oxygen atoms in total. The highest BCUT2D eigenvalue weighted by molar-refractivity contribution is 7.10. The number of halogens is 2. The van der Waals surface area contributed by atoms with Gasteiger partial charge in [0, 0.05) is 32.1 Å². The summed E-state index contributed by atoms with van der Waals surface area (Å²) in [6.45, 7) is 1.78. The van der Waals surface area contributed by atoms with E-state index < -0.39 is 23.5 Å². The molecule has 3 heterocycles. The van der Waals surface area contributed by atoms with Gasteiger partial charge in [0.15, 0.2) is 22.9 Å². The van der Waals surface area contributed by atoms with Crippen LogP contribution >= 0.6 is 34.5 Å². The van der Waals surface area contributed by atoms with Crippen LogP contribution in [0.2, 0.25) is 10.0 Å². The lowest BCUT2D eigenvalue weighted by molar-refractivity contribution is -0.117. The molecule has 0 radical (unpaired) electrons. The third-order valence-electron chi connectivity index (χ3n) is 5.75. The smallest absolute Gasteiger partial charge is 0.294 e. The van der Waals surface area contributed by atoms with Gasteiger partial charge in [0.05, 0.1) is 12.7 Å². The van der Waals surface area contributed by atoms with Gasteiger partial charge in [0.2, 0.25) is 5.78 Å². The molecule has 1 atom stereocenters. The molecular formula is C25H17Cl2NO5S. The Hall–Kier alpha value is -3.26. The molecule has 0 saturated carbocycles. The van der Waals surface area contributed by atoms with Crippen molar-refractivity contribution in [2.24, 2.45) is 0 Å². The zero-order valence-electron chi connectivity index (χ0n) is 18.0. The number of nitrogens with zero attached hydrogens (tertiary/aromatic N) is 1. The van der Waals surface area contributed by atoms with Gasteiger partial charge in [-0.05, 0) is 48.2 Å². The molecule has 1 N–H and O–H groups in total. The van der Waals surface area contributed by atoms with Gasteiger partial charge in [-0.1, -0.05) is 35.3 Å². The van der Waals surface area contributed by atoms with Gasteiger partial charge in [0.1, 0.15) is 6.04 Å². The molecule has 0 spiro atoms. The summed E-state index contributed by atoms with van der Waals surface area (Å²) in [6, 6.07) is 12.7. The normalized spacial score (nSPS) is 16.1. The fourth-order valence-corrected chi connectivity index (χ4v) is 5.35. The average molecular weight is 514 g/mol. The minimum Gasteiger partial charge on any atom is -0.503 e. The number of anilines is 1. The highest BCUT2D eigenvalue weighted by Gasteiger charge is 2.46. The van der Waals surface area contributed by atoms with Crippen molar-refractivity contribution in [3.63, 3.8) is 0 Å². The van der Waals surface area contributed by atoms with Crippen LogP contribution in [0.1, 0.15) is 27.0 Å². The highest BCUT2D eigenvalue weighted by Crippen LogP contribution is 2.45. The zero-order valence-corrected chi connectivity index (χ0v) is 20.3. The van der Waals surface area contributed by atoms with Crippen LogP contribution in [-0.4, -0.2) is 23.9 Å². The fraction of sp³-hybridized carbons (Fsp3) is 0.120. The lowest BCUT2D eigenvalue weighted by atomic mass is 9.99. The number of furan rings is 1. The Balaban J connectivity index is 1.67. The number of rotatable bonds is 5. The topological polar surface area (TPSA) is 80.0 Å². The molecule has 172 valence electrons. The maximum Gasteiger partial charge on any atom is 0.294 e. The molecule has 0 fully saturated rings. The summed E-state index contributed by atoms with van der Waals surface area (Å²) >= 11 is 13.8. The van der Waals surface area contributed by atoms with Crippen LogP contribution in [0, 0.1) is 6.92 Å². The van der Waals surface area contributed by atoms with Gasteiger partial charge in [-0.25, -0.2) is 0 Å². The molecule has 9 heteroatoms. The van der Waals surface area contributed by atoms with E-state index in [0.29, 0.717) is 42.9 Å². The van der Waals surface area contributed by atoms with Gasteiger partial charge >= 0.3 is 0 Å². The quantitative estimate of drug-likeness (QED) is 0.293. The number of amides is 1. The fourth-order valence-electron chi connectivity index (χ4n) is 4.14. The Morgan fingerprint density at radius 3 is 2.68 bits per heavy atom. The molecule has 0 bridgehead atoms. The maximum atomic E-state index is 13.7. The molecule has 1 aliphatic heterocycles. The van der Waals surface area contributed by atoms with Gasteiger partial charge in [-0.15, -0.1) is 11.3 Å². The number of hydrogen-bond acceptors (Lipinski definition) is 6. The standard InChI is InChI=1S/C25H17Cl2NO5S/c1-12-15(27)5-3-6-16(12)28-21(19-7-4-8-34-19)20(23(30)25(28)31)22(29)17-10-13-9-14(26)11-18(32-2)24(13)33-17/h3-11,21,30H,1-2H3. The number of carbonyl (C=O) groups is 2. The van der Waals surface area contributed by atoms with Crippen molar-refractivity contribution in [3.8, 4) is 5.75 Å². The molecule has 0 saturated heterocycles. The number of fused-ring (bicyclic) bond motifs is 1. The third-order valence-corrected chi connectivity index (χ3v) is 7.31. The van der Waals surface area contributed by atoms with Crippen LogP contribution in [0.25, 0.3) is 11.0 Å². The van der Waals surface area contributed by atoms with E-state index in [4.69, 9.17) is 32.4 Å². The van der Waals surface area contributed by atoms with Crippen molar-refractivity contribution < 1.29 is 23.8 Å². The Morgan fingerprint density at radius 2 is 1.97 bits per heavy atom. The maximum absolute atomic E-state index is 13.7. The zero-order chi connectivity index (χ0) is 24.1. The number of carbonyl (C=O) groups excluding carboxylic acids is 2. The number of thiophene rings is 1. The van der Waals surface area contributed by atoms with Crippen LogP contribution < -0.4 is 9.64 Å². The summed E-state index contributed by atoms with van der Waals surface area (Å²) < 4.78 is 11.1. The monoisotopic (exact) mass is 513 g/mol. The number of ketones is 1. The van der Waals surface area contributed by atoms with Gasteiger partial charge < -0.3 is 14.3 Å². The second kappa shape index (κ2) is 8.51. The summed E-state index contributed by atoms with van der Waals surface area (Å²) in [7, 11) is 1.47. The van der Waals surface area contributed by atoms with Crippen LogP contribution in [0.4, 0.5) is 5.69 Å². The molecule has 5 rings (SSSR count). The minimum absolute atomic E-state index is 0.0452. The first-order chi connectivity index (χ1) is 16.3. The van der Waals surface area contributed by atoms with Gasteiger partial charge in [-0.2, -0.15) is 0 Å². The molecule has 0 aliphatic carbocycles. The Morgan fingerprint density at radius 1 is 1.18 bits per heavy atom. The van der Waals surface area contributed by atoms with E-state index in [9.17, 15) is 14.7 Å². The van der Waals surface area contributed by atoms with Crippen molar-refractivity contribution in [1.29, 1.82) is 0 Å². The summed E-state index contributed by atoms with van der Waals surface area (Å²) in [6.07, 6.45) is 0. The van der Waals surface area contributed by atoms with E-state index in [1.807, 2.05) is 17.5 Å². The minimum atomic E-state index is -0.851. The molecular weight excluding hydrogens is 497 g/mol. The first-order valence-electron chi connectivity index (χ1n) is 10.2. The highest BCUT2D eigenvalue weighted by atomic mass is 35.5. The average Bonchev–Trinajstić information content (AvgIpc) is 3.54. The molecule has 1 aliphatic rings. The van der Waals surface area contributed by atoms with Gasteiger partial charge in [-0.3, -0.25) is 14.5 Å². The second-order valence-electron chi connectivity index (χ2n) is 7.71. The van der Waals surface area contributed by atoms with Crippen LogP contribution in [0.15, 0.2) is 69.7 Å². The van der Waals surface area contributed by atoms with Crippen molar-refractivity contribution >= 4 is 62.9 Å². The summed E-state index contributed by atoms with van der Waals surface area (Å²) in [5.74, 6) is -1.61. The van der Waals surface area contributed by atoms with Crippen LogP contribution in [0.5, 0.6) is 5.75 Å². The third kappa shape index (κ3) is 3.48. The van der Waals surface area contributed by atoms with Crippen LogP contribution in [-0.2, 0) is 4.79 Å². The lowest BCUT2D eigenvalue weighted by Crippen LogP contribution is -2.31. The Labute approximate surface area is 208 Å². The number of hydrogen-bond donors (Lipinski definition) is 1. The molecule has 1 unspecified atom stereocenters. The summed E-state index contributed by atoms with van der Waals surface area (Å²) in [5.41, 5.74) is 1.43. The Kier molecular flexibility index (Phi) is 5.64. The molecule has 34 heavy (non-hydrogen) atoms. The first-order valence-corrected chi connectivity index (χ1v) is 11.8. The summed E-state index contributed by atoms with van der Waals surface area (Å²) in [4.78, 5) is 29.1. The number of Topliss-reactive ketones (excluding diaryl/α,β-unsaturated/α-hetero) is 1. The predicted octanol–water partition coefficient (Wildman–Crippen LogP) is 6.90. The largest absolute Gasteiger partial charge is 0.503 e. The first kappa shape index (κ1) is 22.5. The number of benzene rings is 2. The second-order valence-corrected chi connectivity index (χ2v) is 9.53. The predicted molar refractivity (Wildman–Crippen MR) is 132 cm³/mol. The molecule has 2 aromatic heterocycles. The Bertz CT molecular complexity index is 1490. The number of aliphatic hydroxyl groups is 1. The van der Waals surface area contributed by atoms with Crippen LogP contribution in [0.3, 0.4) is 0 Å². The van der Waals surface area contributed by atoms with E-state index >= 15 is 0 Å². The van der Waals surface area contributed by atoms with Crippen molar-refractivity contribution in [3.05, 3.63) is 91.5 Å². The van der Waals surface area contributed by atoms with E-state index in [-0.39, 0.29) is 11.3 Å². The number of methoxy groups -OCH3 is 1. The molecule has 4 aromatic rings. The lowest BCUT2D eigenvalue weighted by Gasteiger charge is -2.27. The van der Waals surface area contributed by atoms with Crippen molar-refractivity contribution in [2.45, 2.75) is 13.0 Å². The van der Waals surface area contributed by atoms with E-state index in [2.05, 4.69) is 0 Å². The van der Waals surface area contributed by atoms with E-state index in [0.717, 1.165) is 0 Å². The molecule has 1 amide bonds. The number of ether oxygens (including phenoxy) is 1. The van der Waals surface area contributed by atoms with E-state index in [1.165, 1.54) is 29.4 Å². The number of aliphatic hydroxyl groups excluding tert-OH is 1. The SMILES string of the molecule is COc1cc(Cl)cc2cc(C(=O)C3=C(O)C(=O)N(c4cccc(Cl)c4C)C3c3cccs3)oc12. The van der Waals surface area contributed by atoms with Crippen molar-refractivity contribution in [2.75, 3.05) is 12.0 Å². The summed E-state index contributed by atoms with van der Waals surface area (Å²) in [5, 5.41) is 14.2. The molecule has 2 aromatic carbocycles. The van der Waals surface area contributed by atoms with Gasteiger partial charge in [0.25, 0.3) is 5.91 Å².